The second-order valence-electron chi connectivity index (χ2n) is 5.68. The average Bonchev–Trinajstić information content (AvgIpc) is 2.96. The summed E-state index contributed by atoms with van der Waals surface area (Å²) < 4.78 is 5.69. The third kappa shape index (κ3) is 7.47. The predicted molar refractivity (Wildman–Crippen MR) is 110 cm³/mol. The molecule has 1 aliphatic rings. The Balaban J connectivity index is 0.00000312. The van der Waals surface area contributed by atoms with E-state index in [2.05, 4.69) is 20.5 Å². The number of aliphatic imine (C=N–C) groups is 1. The lowest BCUT2D eigenvalue weighted by Gasteiger charge is -2.20. The zero-order valence-corrected chi connectivity index (χ0v) is 17.0. The summed E-state index contributed by atoms with van der Waals surface area (Å²) in [7, 11) is 0. The number of guanidine groups is 1. The van der Waals surface area contributed by atoms with Crippen molar-refractivity contribution in [2.45, 2.75) is 26.4 Å². The van der Waals surface area contributed by atoms with Crippen molar-refractivity contribution in [3.05, 3.63) is 24.3 Å². The van der Waals surface area contributed by atoms with Crippen LogP contribution >= 0.6 is 24.0 Å². The number of nitrogens with zero attached hydrogens (tertiary/aromatic N) is 2. The molecule has 140 valence electrons. The van der Waals surface area contributed by atoms with Crippen molar-refractivity contribution in [3.63, 3.8) is 0 Å². The van der Waals surface area contributed by atoms with E-state index >= 15 is 0 Å². The maximum atomic E-state index is 11.1. The minimum atomic E-state index is -0.276. The van der Waals surface area contributed by atoms with Crippen molar-refractivity contribution in [1.29, 1.82) is 0 Å². The first kappa shape index (κ1) is 21.5. The second-order valence-corrected chi connectivity index (χ2v) is 5.68. The molecular formula is C17H27IN4O3. The van der Waals surface area contributed by atoms with Crippen LogP contribution < -0.4 is 15.4 Å². The Morgan fingerprint density at radius 2 is 2.28 bits per heavy atom. The second kappa shape index (κ2) is 11.1. The topological polar surface area (TPSA) is 86.2 Å². The van der Waals surface area contributed by atoms with E-state index in [1.54, 1.807) is 6.07 Å². The van der Waals surface area contributed by atoms with E-state index in [0.717, 1.165) is 25.5 Å². The van der Waals surface area contributed by atoms with Crippen LogP contribution in [0.15, 0.2) is 29.3 Å². The fourth-order valence-corrected chi connectivity index (χ4v) is 2.54. The molecule has 0 aromatic heterocycles. The van der Waals surface area contributed by atoms with Gasteiger partial charge in [-0.05, 0) is 25.5 Å². The van der Waals surface area contributed by atoms with E-state index in [0.29, 0.717) is 31.1 Å². The Hall–Kier alpha value is -1.55. The fourth-order valence-electron chi connectivity index (χ4n) is 2.54. The number of aliphatic hydroxyl groups is 1. The van der Waals surface area contributed by atoms with Gasteiger partial charge in [0.05, 0.1) is 12.6 Å². The number of nitrogens with one attached hydrogen (secondary N) is 2. The van der Waals surface area contributed by atoms with Gasteiger partial charge in [-0.1, -0.05) is 6.07 Å². The van der Waals surface area contributed by atoms with Crippen LogP contribution in [-0.4, -0.2) is 60.8 Å². The quantitative estimate of drug-likeness (QED) is 0.259. The first-order chi connectivity index (χ1) is 11.6. The molecule has 0 aliphatic carbocycles. The average molecular weight is 462 g/mol. The molecule has 0 unspecified atom stereocenters. The third-order valence-corrected chi connectivity index (χ3v) is 3.57. The summed E-state index contributed by atoms with van der Waals surface area (Å²) in [5.74, 6) is 1.39. The molecule has 25 heavy (non-hydrogen) atoms. The fraction of sp³-hybridized carbons (Fsp3) is 0.529. The van der Waals surface area contributed by atoms with E-state index in [4.69, 9.17) is 4.74 Å². The van der Waals surface area contributed by atoms with Gasteiger partial charge in [0.15, 0.2) is 5.96 Å². The predicted octanol–water partition coefficient (Wildman–Crippen LogP) is 1.67. The van der Waals surface area contributed by atoms with Gasteiger partial charge in [0.2, 0.25) is 5.91 Å². The van der Waals surface area contributed by atoms with Crippen molar-refractivity contribution in [2.24, 2.45) is 4.99 Å². The lowest BCUT2D eigenvalue weighted by Crippen LogP contribution is -2.40. The molecule has 1 heterocycles. The van der Waals surface area contributed by atoms with Gasteiger partial charge in [0.25, 0.3) is 0 Å². The Morgan fingerprint density at radius 3 is 2.92 bits per heavy atom. The minimum absolute atomic E-state index is 0. The van der Waals surface area contributed by atoms with Crippen LogP contribution in [0, 0.1) is 0 Å². The zero-order chi connectivity index (χ0) is 17.4. The lowest BCUT2D eigenvalue weighted by molar-refractivity contribution is -0.114. The van der Waals surface area contributed by atoms with Gasteiger partial charge in [-0.15, -0.1) is 24.0 Å². The smallest absolute Gasteiger partial charge is 0.221 e. The number of ether oxygens (including phenoxy) is 1. The first-order valence-electron chi connectivity index (χ1n) is 8.30. The summed E-state index contributed by atoms with van der Waals surface area (Å²) in [6, 6.07) is 7.28. The number of carbonyl (C=O) groups excluding carboxylic acids is 1. The molecule has 1 aliphatic heterocycles. The molecule has 1 saturated heterocycles. The van der Waals surface area contributed by atoms with Crippen LogP contribution in [-0.2, 0) is 4.79 Å². The summed E-state index contributed by atoms with van der Waals surface area (Å²) in [6.07, 6.45) is 0.498. The Morgan fingerprint density at radius 1 is 1.48 bits per heavy atom. The van der Waals surface area contributed by atoms with Gasteiger partial charge >= 0.3 is 0 Å². The largest absolute Gasteiger partial charge is 0.492 e. The number of hydrogen-bond acceptors (Lipinski definition) is 4. The Bertz CT molecular complexity index is 583. The lowest BCUT2D eigenvalue weighted by atomic mass is 10.3. The molecule has 7 nitrogen and oxygen atoms in total. The van der Waals surface area contributed by atoms with Gasteiger partial charge < -0.3 is 25.4 Å². The highest BCUT2D eigenvalue weighted by Crippen LogP contribution is 2.17. The molecule has 8 heteroatoms. The van der Waals surface area contributed by atoms with Crippen molar-refractivity contribution in [1.82, 2.24) is 10.2 Å². The van der Waals surface area contributed by atoms with Crippen molar-refractivity contribution >= 4 is 41.5 Å². The summed E-state index contributed by atoms with van der Waals surface area (Å²) in [6.45, 7) is 6.66. The Kier molecular flexibility index (Phi) is 9.58. The third-order valence-electron chi connectivity index (χ3n) is 3.57. The highest BCUT2D eigenvalue weighted by molar-refractivity contribution is 14.0. The van der Waals surface area contributed by atoms with Crippen molar-refractivity contribution < 1.29 is 14.6 Å². The number of amides is 1. The molecule has 0 radical (unpaired) electrons. The molecule has 1 fully saturated rings. The molecule has 0 bridgehead atoms. The number of carbonyl (C=O) groups is 1. The van der Waals surface area contributed by atoms with E-state index in [1.807, 2.05) is 25.1 Å². The van der Waals surface area contributed by atoms with Crippen LogP contribution in [0.4, 0.5) is 5.69 Å². The van der Waals surface area contributed by atoms with Gasteiger partial charge in [-0.3, -0.25) is 4.79 Å². The molecule has 1 aromatic rings. The summed E-state index contributed by atoms with van der Waals surface area (Å²) in [5, 5.41) is 15.6. The SMILES string of the molecule is CCNC(=NCCOc1cccc(NC(C)=O)c1)N1CC[C@@H](O)C1.I. The van der Waals surface area contributed by atoms with E-state index in [9.17, 15) is 9.90 Å². The molecule has 2 rings (SSSR count). The van der Waals surface area contributed by atoms with Gasteiger partial charge in [-0.2, -0.15) is 0 Å². The summed E-state index contributed by atoms with van der Waals surface area (Å²) in [5.41, 5.74) is 0.711. The zero-order valence-electron chi connectivity index (χ0n) is 14.7. The molecule has 3 N–H and O–H groups in total. The maximum absolute atomic E-state index is 11.1. The normalized spacial score (nSPS) is 17.0. The van der Waals surface area contributed by atoms with Crippen LogP contribution in [0.2, 0.25) is 0 Å². The molecular weight excluding hydrogens is 435 g/mol. The molecule has 1 aromatic carbocycles. The molecule has 1 amide bonds. The molecule has 0 saturated carbocycles. The first-order valence-corrected chi connectivity index (χ1v) is 8.30. The molecule has 0 spiro atoms. The van der Waals surface area contributed by atoms with E-state index in [-0.39, 0.29) is 36.0 Å². The number of hydrogen-bond donors (Lipinski definition) is 3. The van der Waals surface area contributed by atoms with Crippen LogP contribution in [0.3, 0.4) is 0 Å². The Labute approximate surface area is 165 Å². The number of halogens is 1. The van der Waals surface area contributed by atoms with E-state index in [1.165, 1.54) is 6.92 Å². The standard InChI is InChI=1S/C17H26N4O3.HI/c1-3-18-17(21-9-7-15(23)12-21)19-8-10-24-16-6-4-5-14(11-16)20-13(2)22;/h4-6,11,15,23H,3,7-10,12H2,1-2H3,(H,18,19)(H,20,22);1H/t15-;/m1./s1. The van der Waals surface area contributed by atoms with Crippen LogP contribution in [0.1, 0.15) is 20.3 Å². The molecule has 1 atom stereocenters. The van der Waals surface area contributed by atoms with Crippen molar-refractivity contribution in [2.75, 3.05) is 38.1 Å². The van der Waals surface area contributed by atoms with Crippen molar-refractivity contribution in [3.8, 4) is 5.75 Å². The van der Waals surface area contributed by atoms with Gasteiger partial charge in [0, 0.05) is 38.3 Å². The number of β-amino-alcohol motifs (C(OH)–C–C–N with tert-alkyl or cyclic N) is 1. The number of benzene rings is 1. The maximum Gasteiger partial charge on any atom is 0.221 e. The van der Waals surface area contributed by atoms with E-state index < -0.39 is 0 Å². The number of rotatable bonds is 6. The highest BCUT2D eigenvalue weighted by Gasteiger charge is 2.22. The van der Waals surface area contributed by atoms with Gasteiger partial charge in [0.1, 0.15) is 12.4 Å². The number of anilines is 1. The number of aliphatic hydroxyl groups excluding tert-OH is 1. The number of likely N-dealkylation sites (tertiary alicyclic amines) is 1. The van der Waals surface area contributed by atoms with Crippen LogP contribution in [0.25, 0.3) is 0 Å². The minimum Gasteiger partial charge on any atom is -0.492 e. The summed E-state index contributed by atoms with van der Waals surface area (Å²) in [4.78, 5) is 17.7. The van der Waals surface area contributed by atoms with Crippen LogP contribution in [0.5, 0.6) is 5.75 Å². The highest BCUT2D eigenvalue weighted by atomic mass is 127. The van der Waals surface area contributed by atoms with Gasteiger partial charge in [-0.25, -0.2) is 4.99 Å². The monoisotopic (exact) mass is 462 g/mol. The summed E-state index contributed by atoms with van der Waals surface area (Å²) >= 11 is 0.